The lowest BCUT2D eigenvalue weighted by atomic mass is 9.99. The molecular formula is C24H29Cl2N5O4S. The largest absolute Gasteiger partial charge is 0.357 e. The van der Waals surface area contributed by atoms with Gasteiger partial charge in [0.25, 0.3) is 0 Å². The summed E-state index contributed by atoms with van der Waals surface area (Å²) < 4.78 is 37.9. The van der Waals surface area contributed by atoms with E-state index in [1.807, 2.05) is 23.1 Å². The Balaban J connectivity index is 1.47. The highest BCUT2D eigenvalue weighted by molar-refractivity contribution is 7.89. The minimum atomic E-state index is -3.57. The number of aromatic nitrogens is 3. The van der Waals surface area contributed by atoms with Crippen molar-refractivity contribution in [3.8, 4) is 11.1 Å². The smallest absolute Gasteiger partial charge is 0.216 e. The number of carbonyl (C=O) groups is 1. The molecule has 0 spiro atoms. The summed E-state index contributed by atoms with van der Waals surface area (Å²) in [5.41, 5.74) is 3.87. The summed E-state index contributed by atoms with van der Waals surface area (Å²) in [7, 11) is -3.57. The number of nitrogens with one attached hydrogen (secondary N) is 2. The first-order valence-electron chi connectivity index (χ1n) is 12.1. The Bertz CT molecular complexity index is 1400. The maximum Gasteiger partial charge on any atom is 0.216 e. The van der Waals surface area contributed by atoms with Crippen molar-refractivity contribution in [2.45, 2.75) is 57.8 Å². The molecule has 3 aromatic rings. The average molecular weight is 555 g/mol. The van der Waals surface area contributed by atoms with E-state index in [9.17, 15) is 13.2 Å². The van der Waals surface area contributed by atoms with Crippen LogP contribution in [0.2, 0.25) is 10.0 Å². The number of benzene rings is 1. The van der Waals surface area contributed by atoms with Crippen molar-refractivity contribution in [2.24, 2.45) is 0 Å². The Hall–Kier alpha value is -2.11. The van der Waals surface area contributed by atoms with E-state index in [2.05, 4.69) is 19.7 Å². The number of halogens is 2. The molecule has 194 valence electrons. The number of hydrogen-bond acceptors (Lipinski definition) is 5. The Morgan fingerprint density at radius 2 is 2.08 bits per heavy atom. The van der Waals surface area contributed by atoms with E-state index in [0.29, 0.717) is 29.4 Å². The van der Waals surface area contributed by atoms with Gasteiger partial charge in [-0.25, -0.2) is 17.8 Å². The fourth-order valence-corrected chi connectivity index (χ4v) is 6.77. The van der Waals surface area contributed by atoms with Gasteiger partial charge in [0.15, 0.2) is 0 Å². The van der Waals surface area contributed by atoms with E-state index in [1.165, 1.54) is 6.92 Å². The molecule has 1 amide bonds. The zero-order valence-electron chi connectivity index (χ0n) is 20.0. The Kier molecular flexibility index (Phi) is 7.33. The second-order valence-electron chi connectivity index (χ2n) is 9.38. The molecule has 2 aromatic heterocycles. The van der Waals surface area contributed by atoms with Crippen LogP contribution in [0.4, 0.5) is 0 Å². The highest BCUT2D eigenvalue weighted by Gasteiger charge is 2.30. The predicted octanol–water partition coefficient (Wildman–Crippen LogP) is 3.88. The highest BCUT2D eigenvalue weighted by Crippen LogP contribution is 2.43. The summed E-state index contributed by atoms with van der Waals surface area (Å²) in [5.74, 6) is -0.438. The summed E-state index contributed by atoms with van der Waals surface area (Å²) in [4.78, 5) is 11.1. The van der Waals surface area contributed by atoms with E-state index < -0.39 is 10.0 Å². The fraction of sp³-hybridized carbons (Fsp3) is 0.500. The van der Waals surface area contributed by atoms with Crippen LogP contribution in [0.25, 0.3) is 22.0 Å². The van der Waals surface area contributed by atoms with E-state index in [-0.39, 0.29) is 30.5 Å². The average Bonchev–Trinajstić information content (AvgIpc) is 3.44. The molecule has 1 fully saturated rings. The first kappa shape index (κ1) is 25.5. The van der Waals surface area contributed by atoms with E-state index in [0.717, 1.165) is 53.6 Å². The summed E-state index contributed by atoms with van der Waals surface area (Å²) in [6.45, 7) is 2.58. The number of rotatable bonds is 7. The molecule has 2 atom stereocenters. The third-order valence-electron chi connectivity index (χ3n) is 6.79. The lowest BCUT2D eigenvalue weighted by molar-refractivity contribution is -0.118. The van der Waals surface area contributed by atoms with Crippen LogP contribution >= 0.6 is 23.2 Å². The van der Waals surface area contributed by atoms with Crippen molar-refractivity contribution in [3.63, 3.8) is 0 Å². The Morgan fingerprint density at radius 3 is 2.83 bits per heavy atom. The van der Waals surface area contributed by atoms with Gasteiger partial charge in [-0.1, -0.05) is 29.3 Å². The summed E-state index contributed by atoms with van der Waals surface area (Å²) >= 11 is 13.1. The van der Waals surface area contributed by atoms with Crippen molar-refractivity contribution in [1.82, 2.24) is 24.4 Å². The third-order valence-corrected chi connectivity index (χ3v) is 9.02. The van der Waals surface area contributed by atoms with Gasteiger partial charge in [0.2, 0.25) is 15.9 Å². The number of fused-ring (bicyclic) bond motifs is 3. The third kappa shape index (κ3) is 5.15. The topological polar surface area (TPSA) is 107 Å². The van der Waals surface area contributed by atoms with Gasteiger partial charge in [0.1, 0.15) is 6.23 Å². The Morgan fingerprint density at radius 1 is 1.25 bits per heavy atom. The summed E-state index contributed by atoms with van der Waals surface area (Å²) in [6, 6.07) is 3.45. The van der Waals surface area contributed by atoms with Crippen LogP contribution in [-0.4, -0.2) is 53.6 Å². The van der Waals surface area contributed by atoms with Crippen LogP contribution in [0.15, 0.2) is 24.5 Å². The van der Waals surface area contributed by atoms with Gasteiger partial charge in [0, 0.05) is 61.1 Å². The summed E-state index contributed by atoms with van der Waals surface area (Å²) in [5, 5.41) is 8.97. The number of carbonyl (C=O) groups excluding carboxylic acids is 1. The van der Waals surface area contributed by atoms with Crippen LogP contribution in [0, 0.1) is 0 Å². The van der Waals surface area contributed by atoms with Gasteiger partial charge in [-0.15, -0.1) is 0 Å². The van der Waals surface area contributed by atoms with E-state index in [4.69, 9.17) is 27.9 Å². The molecule has 0 aliphatic carbocycles. The molecule has 2 unspecified atom stereocenters. The molecule has 0 bridgehead atoms. The van der Waals surface area contributed by atoms with Crippen LogP contribution in [0.3, 0.4) is 0 Å². The Labute approximate surface area is 220 Å². The normalized spacial score (nSPS) is 20.4. The number of nitrogens with zero attached hydrogens (tertiary/aromatic N) is 3. The zero-order valence-corrected chi connectivity index (χ0v) is 22.3. The first-order valence-corrected chi connectivity index (χ1v) is 14.5. The van der Waals surface area contributed by atoms with Crippen LogP contribution < -0.4 is 10.0 Å². The molecule has 2 aliphatic heterocycles. The minimum Gasteiger partial charge on any atom is -0.357 e. The number of sulfonamides is 1. The van der Waals surface area contributed by atoms with Gasteiger partial charge in [-0.2, -0.15) is 5.10 Å². The molecule has 9 nitrogen and oxygen atoms in total. The predicted molar refractivity (Wildman–Crippen MR) is 140 cm³/mol. The van der Waals surface area contributed by atoms with Crippen LogP contribution in [-0.2, 0) is 32.5 Å². The number of amides is 1. The maximum atomic E-state index is 12.6. The quantitative estimate of drug-likeness (QED) is 0.461. The molecule has 1 aromatic carbocycles. The second kappa shape index (κ2) is 10.3. The number of ether oxygens (including phenoxy) is 1. The molecule has 2 aliphatic rings. The molecule has 2 N–H and O–H groups in total. The van der Waals surface area contributed by atoms with Gasteiger partial charge in [-0.05, 0) is 38.2 Å². The first-order chi connectivity index (χ1) is 17.2. The lowest BCUT2D eigenvalue weighted by Gasteiger charge is -2.27. The molecule has 0 radical (unpaired) electrons. The molecule has 1 saturated heterocycles. The fourth-order valence-electron chi connectivity index (χ4n) is 5.16. The second-order valence-corrected chi connectivity index (χ2v) is 12.0. The van der Waals surface area contributed by atoms with Crippen molar-refractivity contribution in [3.05, 3.63) is 40.3 Å². The van der Waals surface area contributed by atoms with Crippen molar-refractivity contribution >= 4 is 50.0 Å². The number of hydrogen-bond donors (Lipinski definition) is 2. The van der Waals surface area contributed by atoms with E-state index >= 15 is 0 Å². The van der Waals surface area contributed by atoms with Crippen molar-refractivity contribution < 1.29 is 17.9 Å². The SMILES string of the molecule is CC(=O)NCCS(=O)(=O)NC1CCc2c(-c3cnn(C4CCCCO4)c3)c3ccc(Cl)c(Cl)c3n2C1. The van der Waals surface area contributed by atoms with Crippen LogP contribution in [0.1, 0.15) is 44.5 Å². The molecular weight excluding hydrogens is 525 g/mol. The maximum absolute atomic E-state index is 12.6. The van der Waals surface area contributed by atoms with E-state index in [1.54, 1.807) is 6.07 Å². The molecule has 12 heteroatoms. The molecule has 36 heavy (non-hydrogen) atoms. The van der Waals surface area contributed by atoms with Gasteiger partial charge >= 0.3 is 0 Å². The zero-order chi connectivity index (χ0) is 25.4. The monoisotopic (exact) mass is 553 g/mol. The minimum absolute atomic E-state index is 0.0634. The molecule has 5 rings (SSSR count). The summed E-state index contributed by atoms with van der Waals surface area (Å²) in [6.07, 6.45) is 8.21. The molecule has 0 saturated carbocycles. The van der Waals surface area contributed by atoms with Crippen molar-refractivity contribution in [1.29, 1.82) is 0 Å². The van der Waals surface area contributed by atoms with Crippen LogP contribution in [0.5, 0.6) is 0 Å². The lowest BCUT2D eigenvalue weighted by Crippen LogP contribution is -2.43. The van der Waals surface area contributed by atoms with Gasteiger partial charge < -0.3 is 14.6 Å². The molecule has 4 heterocycles. The standard InChI is InChI=1S/C24H29Cl2N5O4S/c1-15(32)27-9-11-36(33,34)29-17-5-8-20-22(16-12-28-31(13-16)21-4-2-3-10-35-21)18-6-7-19(25)23(26)24(18)30(20)14-17/h6-7,12-13,17,21,29H,2-5,8-11,14H2,1H3,(H,27,32). The van der Waals surface area contributed by atoms with Gasteiger partial charge in [0.05, 0.1) is 27.5 Å². The van der Waals surface area contributed by atoms with Gasteiger partial charge in [-0.3, -0.25) is 4.79 Å². The highest BCUT2D eigenvalue weighted by atomic mass is 35.5. The van der Waals surface area contributed by atoms with Crippen molar-refractivity contribution in [2.75, 3.05) is 18.9 Å².